The first-order valence-electron chi connectivity index (χ1n) is 6.04. The van der Waals surface area contributed by atoms with E-state index in [9.17, 15) is 5.11 Å². The zero-order chi connectivity index (χ0) is 13.8. The zero-order valence-electron chi connectivity index (χ0n) is 11.4. The SMILES string of the molecule is C[C@H](O)c1ccc(Br)cc1OCCOC(C)(C)C. The van der Waals surface area contributed by atoms with Crippen LogP contribution in [-0.2, 0) is 4.74 Å². The van der Waals surface area contributed by atoms with Gasteiger partial charge in [-0.1, -0.05) is 22.0 Å². The van der Waals surface area contributed by atoms with Gasteiger partial charge >= 0.3 is 0 Å². The molecule has 0 spiro atoms. The lowest BCUT2D eigenvalue weighted by Gasteiger charge is -2.20. The number of benzene rings is 1. The normalized spacial score (nSPS) is 13.4. The topological polar surface area (TPSA) is 38.7 Å². The van der Waals surface area contributed by atoms with Crippen LogP contribution >= 0.6 is 15.9 Å². The molecule has 1 N–H and O–H groups in total. The fourth-order valence-electron chi connectivity index (χ4n) is 1.48. The van der Waals surface area contributed by atoms with Crippen molar-refractivity contribution < 1.29 is 14.6 Å². The minimum Gasteiger partial charge on any atom is -0.491 e. The maximum absolute atomic E-state index is 9.65. The predicted molar refractivity (Wildman–Crippen MR) is 76.0 cm³/mol. The van der Waals surface area contributed by atoms with Crippen molar-refractivity contribution in [2.45, 2.75) is 39.4 Å². The zero-order valence-corrected chi connectivity index (χ0v) is 13.0. The predicted octanol–water partition coefficient (Wildman–Crippen LogP) is 3.70. The van der Waals surface area contributed by atoms with Gasteiger partial charge in [0.15, 0.2) is 0 Å². The van der Waals surface area contributed by atoms with E-state index in [4.69, 9.17) is 9.47 Å². The monoisotopic (exact) mass is 316 g/mol. The summed E-state index contributed by atoms with van der Waals surface area (Å²) >= 11 is 3.39. The molecule has 0 aromatic heterocycles. The fraction of sp³-hybridized carbons (Fsp3) is 0.571. The molecule has 0 aliphatic heterocycles. The maximum Gasteiger partial charge on any atom is 0.126 e. The van der Waals surface area contributed by atoms with Crippen LogP contribution in [0.4, 0.5) is 0 Å². The molecule has 3 nitrogen and oxygen atoms in total. The lowest BCUT2D eigenvalue weighted by molar-refractivity contribution is -0.0166. The Morgan fingerprint density at radius 1 is 1.28 bits per heavy atom. The van der Waals surface area contributed by atoms with Gasteiger partial charge in [-0.2, -0.15) is 0 Å². The molecular formula is C14H21BrO3. The third-order valence-electron chi connectivity index (χ3n) is 2.30. The van der Waals surface area contributed by atoms with E-state index >= 15 is 0 Å². The molecule has 0 saturated heterocycles. The van der Waals surface area contributed by atoms with E-state index in [-0.39, 0.29) is 5.60 Å². The van der Waals surface area contributed by atoms with E-state index in [2.05, 4.69) is 15.9 Å². The first kappa shape index (κ1) is 15.5. The van der Waals surface area contributed by atoms with Gasteiger partial charge in [-0.25, -0.2) is 0 Å². The van der Waals surface area contributed by atoms with Gasteiger partial charge in [-0.05, 0) is 39.8 Å². The summed E-state index contributed by atoms with van der Waals surface area (Å²) in [5.74, 6) is 0.692. The van der Waals surface area contributed by atoms with Crippen molar-refractivity contribution in [2.24, 2.45) is 0 Å². The van der Waals surface area contributed by atoms with Crippen molar-refractivity contribution in [3.63, 3.8) is 0 Å². The van der Waals surface area contributed by atoms with E-state index in [0.717, 1.165) is 10.0 Å². The Labute approximate surface area is 117 Å². The first-order valence-corrected chi connectivity index (χ1v) is 6.83. The summed E-state index contributed by atoms with van der Waals surface area (Å²) in [7, 11) is 0. The highest BCUT2D eigenvalue weighted by Gasteiger charge is 2.12. The third-order valence-corrected chi connectivity index (χ3v) is 2.79. The first-order chi connectivity index (χ1) is 8.29. The number of rotatable bonds is 5. The summed E-state index contributed by atoms with van der Waals surface area (Å²) in [4.78, 5) is 0. The second-order valence-electron chi connectivity index (χ2n) is 5.17. The summed E-state index contributed by atoms with van der Waals surface area (Å²) in [5.41, 5.74) is 0.627. The Morgan fingerprint density at radius 2 is 1.94 bits per heavy atom. The summed E-state index contributed by atoms with van der Waals surface area (Å²) in [5, 5.41) is 9.65. The fourth-order valence-corrected chi connectivity index (χ4v) is 1.82. The van der Waals surface area contributed by atoms with Crippen molar-refractivity contribution in [1.82, 2.24) is 0 Å². The number of hydrogen-bond acceptors (Lipinski definition) is 3. The van der Waals surface area contributed by atoms with Crippen LogP contribution in [-0.4, -0.2) is 23.9 Å². The van der Waals surface area contributed by atoms with Crippen molar-refractivity contribution in [2.75, 3.05) is 13.2 Å². The molecule has 0 bridgehead atoms. The van der Waals surface area contributed by atoms with Crippen LogP contribution < -0.4 is 4.74 Å². The summed E-state index contributed by atoms with van der Waals surface area (Å²) in [6.07, 6.45) is -0.545. The van der Waals surface area contributed by atoms with Gasteiger partial charge in [0.25, 0.3) is 0 Å². The molecule has 0 saturated carbocycles. The van der Waals surface area contributed by atoms with E-state index in [1.54, 1.807) is 6.92 Å². The van der Waals surface area contributed by atoms with Gasteiger partial charge in [0.2, 0.25) is 0 Å². The average molecular weight is 317 g/mol. The Hall–Kier alpha value is -0.580. The molecule has 4 heteroatoms. The molecule has 1 atom stereocenters. The number of halogens is 1. The number of ether oxygens (including phenoxy) is 2. The number of aliphatic hydroxyl groups is 1. The lowest BCUT2D eigenvalue weighted by Crippen LogP contribution is -2.22. The standard InChI is InChI=1S/C14H21BrO3/c1-10(16)12-6-5-11(15)9-13(12)17-7-8-18-14(2,3)4/h5-6,9-10,16H,7-8H2,1-4H3/t10-/m0/s1. The minimum atomic E-state index is -0.545. The smallest absolute Gasteiger partial charge is 0.126 e. The second-order valence-corrected chi connectivity index (χ2v) is 6.08. The Balaban J connectivity index is 2.58. The molecule has 1 aromatic rings. The molecule has 0 aliphatic rings. The third kappa shape index (κ3) is 5.38. The van der Waals surface area contributed by atoms with Crippen molar-refractivity contribution in [1.29, 1.82) is 0 Å². The number of aliphatic hydroxyl groups excluding tert-OH is 1. The summed E-state index contributed by atoms with van der Waals surface area (Å²) in [6.45, 7) is 8.73. The van der Waals surface area contributed by atoms with Gasteiger partial charge in [0, 0.05) is 10.0 Å². The molecule has 18 heavy (non-hydrogen) atoms. The van der Waals surface area contributed by atoms with Crippen LogP contribution in [0.15, 0.2) is 22.7 Å². The van der Waals surface area contributed by atoms with Crippen LogP contribution in [0.1, 0.15) is 39.4 Å². The van der Waals surface area contributed by atoms with Crippen molar-refractivity contribution >= 4 is 15.9 Å². The van der Waals surface area contributed by atoms with Gasteiger partial charge in [-0.3, -0.25) is 0 Å². The van der Waals surface area contributed by atoms with Gasteiger partial charge in [-0.15, -0.1) is 0 Å². The minimum absolute atomic E-state index is 0.159. The molecule has 0 heterocycles. The largest absolute Gasteiger partial charge is 0.491 e. The van der Waals surface area contributed by atoms with E-state index in [0.29, 0.717) is 19.0 Å². The highest BCUT2D eigenvalue weighted by atomic mass is 79.9. The molecule has 0 unspecified atom stereocenters. The molecule has 0 aliphatic carbocycles. The van der Waals surface area contributed by atoms with Crippen LogP contribution in [0.3, 0.4) is 0 Å². The van der Waals surface area contributed by atoms with Crippen LogP contribution in [0, 0.1) is 0 Å². The van der Waals surface area contributed by atoms with Crippen LogP contribution in [0.25, 0.3) is 0 Å². The maximum atomic E-state index is 9.65. The molecule has 102 valence electrons. The average Bonchev–Trinajstić information content (AvgIpc) is 2.22. The van der Waals surface area contributed by atoms with Gasteiger partial charge < -0.3 is 14.6 Å². The van der Waals surface area contributed by atoms with Gasteiger partial charge in [0.1, 0.15) is 12.4 Å². The molecule has 0 amide bonds. The molecule has 0 fully saturated rings. The van der Waals surface area contributed by atoms with Crippen LogP contribution in [0.2, 0.25) is 0 Å². The lowest BCUT2D eigenvalue weighted by atomic mass is 10.1. The molecule has 1 aromatic carbocycles. The van der Waals surface area contributed by atoms with Crippen molar-refractivity contribution in [3.8, 4) is 5.75 Å². The molecule has 1 rings (SSSR count). The Morgan fingerprint density at radius 3 is 2.50 bits per heavy atom. The molecule has 0 radical (unpaired) electrons. The highest BCUT2D eigenvalue weighted by Crippen LogP contribution is 2.28. The van der Waals surface area contributed by atoms with Crippen molar-refractivity contribution in [3.05, 3.63) is 28.2 Å². The summed E-state index contributed by atoms with van der Waals surface area (Å²) < 4.78 is 12.2. The summed E-state index contributed by atoms with van der Waals surface area (Å²) in [6, 6.07) is 5.61. The van der Waals surface area contributed by atoms with E-state index < -0.39 is 6.10 Å². The quantitative estimate of drug-likeness (QED) is 0.842. The highest BCUT2D eigenvalue weighted by molar-refractivity contribution is 9.10. The molecular weight excluding hydrogens is 296 g/mol. The van der Waals surface area contributed by atoms with E-state index in [1.165, 1.54) is 0 Å². The number of hydrogen-bond donors (Lipinski definition) is 1. The Kier molecular flexibility index (Phi) is 5.63. The van der Waals surface area contributed by atoms with Gasteiger partial charge in [0.05, 0.1) is 18.3 Å². The van der Waals surface area contributed by atoms with E-state index in [1.807, 2.05) is 39.0 Å². The van der Waals surface area contributed by atoms with Crippen LogP contribution in [0.5, 0.6) is 5.75 Å². The second kappa shape index (κ2) is 6.55. The Bertz CT molecular complexity index is 383.